The SMILES string of the molecule is CCCSc1ccc([N+](=O)[O-])c(NC(=NCCN2CCNCC2)NC(=O)OC)c1. The van der Waals surface area contributed by atoms with E-state index in [1.54, 1.807) is 23.9 Å². The number of piperazine rings is 1. The Bertz CT molecular complexity index is 724. The molecule has 1 fully saturated rings. The summed E-state index contributed by atoms with van der Waals surface area (Å²) < 4.78 is 4.64. The first-order valence-corrected chi connectivity index (χ1v) is 10.5. The number of methoxy groups -OCH3 is 1. The highest BCUT2D eigenvalue weighted by molar-refractivity contribution is 7.99. The minimum absolute atomic E-state index is 0.0904. The Kier molecular flexibility index (Phi) is 9.68. The van der Waals surface area contributed by atoms with Gasteiger partial charge in [-0.3, -0.25) is 25.3 Å². The van der Waals surface area contributed by atoms with Gasteiger partial charge in [-0.1, -0.05) is 6.92 Å². The van der Waals surface area contributed by atoms with E-state index < -0.39 is 11.0 Å². The highest BCUT2D eigenvalue weighted by Gasteiger charge is 2.17. The van der Waals surface area contributed by atoms with Crippen molar-refractivity contribution >= 4 is 35.2 Å². The third-order valence-corrected chi connectivity index (χ3v) is 5.39. The monoisotopic (exact) mass is 424 g/mol. The number of aliphatic imine (C=N–C) groups is 1. The van der Waals surface area contributed by atoms with Crippen LogP contribution >= 0.6 is 11.8 Å². The fourth-order valence-corrected chi connectivity index (χ4v) is 3.51. The maximum atomic E-state index is 11.7. The number of hydrogen-bond acceptors (Lipinski definition) is 8. The lowest BCUT2D eigenvalue weighted by molar-refractivity contribution is -0.383. The van der Waals surface area contributed by atoms with E-state index in [1.807, 2.05) is 0 Å². The minimum Gasteiger partial charge on any atom is -0.453 e. The molecule has 1 aromatic rings. The van der Waals surface area contributed by atoms with E-state index in [1.165, 1.54) is 13.2 Å². The van der Waals surface area contributed by atoms with Crippen LogP contribution in [-0.4, -0.2) is 74.0 Å². The molecular weight excluding hydrogens is 396 g/mol. The molecule has 1 aliphatic heterocycles. The summed E-state index contributed by atoms with van der Waals surface area (Å²) in [6, 6.07) is 4.87. The van der Waals surface area contributed by atoms with Crippen LogP contribution in [0.3, 0.4) is 0 Å². The Hall–Kier alpha value is -2.37. The molecule has 0 spiro atoms. The molecule has 0 radical (unpaired) electrons. The second-order valence-corrected chi connectivity index (χ2v) is 7.52. The van der Waals surface area contributed by atoms with E-state index in [9.17, 15) is 14.9 Å². The first-order chi connectivity index (χ1) is 14.0. The fourth-order valence-electron chi connectivity index (χ4n) is 2.71. The predicted octanol–water partition coefficient (Wildman–Crippen LogP) is 2.13. The minimum atomic E-state index is -0.697. The number of nitro benzene ring substituents is 1. The topological polar surface area (TPSA) is 121 Å². The number of amides is 1. The lowest BCUT2D eigenvalue weighted by Crippen LogP contribution is -2.44. The van der Waals surface area contributed by atoms with Crippen LogP contribution < -0.4 is 16.0 Å². The number of carbonyl (C=O) groups is 1. The zero-order chi connectivity index (χ0) is 21.1. The van der Waals surface area contributed by atoms with Gasteiger partial charge in [0.25, 0.3) is 5.69 Å². The third kappa shape index (κ3) is 7.87. The molecule has 0 bridgehead atoms. The molecule has 1 aromatic carbocycles. The largest absolute Gasteiger partial charge is 0.453 e. The van der Waals surface area contributed by atoms with Gasteiger partial charge in [-0.2, -0.15) is 0 Å². The number of nitrogens with one attached hydrogen (secondary N) is 3. The number of nitro groups is 1. The molecule has 10 nitrogen and oxygen atoms in total. The molecule has 29 heavy (non-hydrogen) atoms. The first kappa shape index (κ1) is 22.9. The summed E-state index contributed by atoms with van der Waals surface area (Å²) in [5.41, 5.74) is 0.181. The Morgan fingerprint density at radius 1 is 1.41 bits per heavy atom. The summed E-state index contributed by atoms with van der Waals surface area (Å²) in [5, 5.41) is 20.1. The molecule has 1 amide bonds. The number of guanidine groups is 1. The molecule has 0 unspecified atom stereocenters. The van der Waals surface area contributed by atoms with Crippen molar-refractivity contribution in [2.45, 2.75) is 18.2 Å². The molecule has 0 aliphatic carbocycles. The number of anilines is 1. The number of thioether (sulfide) groups is 1. The molecule has 0 aromatic heterocycles. The summed E-state index contributed by atoms with van der Waals surface area (Å²) in [4.78, 5) is 30.2. The maximum Gasteiger partial charge on any atom is 0.413 e. The molecule has 11 heteroatoms. The lowest BCUT2D eigenvalue weighted by atomic mass is 10.2. The average Bonchev–Trinajstić information content (AvgIpc) is 2.72. The van der Waals surface area contributed by atoms with E-state index in [4.69, 9.17) is 0 Å². The van der Waals surface area contributed by atoms with Gasteiger partial charge >= 0.3 is 6.09 Å². The Morgan fingerprint density at radius 2 is 2.17 bits per heavy atom. The molecular formula is C18H28N6O4S. The molecule has 1 saturated heterocycles. The van der Waals surface area contributed by atoms with Gasteiger partial charge in [-0.15, -0.1) is 11.8 Å². The Morgan fingerprint density at radius 3 is 2.83 bits per heavy atom. The van der Waals surface area contributed by atoms with Crippen LogP contribution in [0.4, 0.5) is 16.2 Å². The number of carbonyl (C=O) groups excluding carboxylic acids is 1. The van der Waals surface area contributed by atoms with Gasteiger partial charge in [-0.25, -0.2) is 4.79 Å². The van der Waals surface area contributed by atoms with Crippen LogP contribution in [0.15, 0.2) is 28.1 Å². The van der Waals surface area contributed by atoms with Crippen LogP contribution in [0.1, 0.15) is 13.3 Å². The van der Waals surface area contributed by atoms with Crippen LogP contribution in [0.2, 0.25) is 0 Å². The molecule has 2 rings (SSSR count). The summed E-state index contributed by atoms with van der Waals surface area (Å²) in [7, 11) is 1.25. The Balaban J connectivity index is 2.15. The van der Waals surface area contributed by atoms with Gasteiger partial charge in [0.05, 0.1) is 18.6 Å². The van der Waals surface area contributed by atoms with Crippen molar-refractivity contribution in [2.24, 2.45) is 4.99 Å². The van der Waals surface area contributed by atoms with Crippen LogP contribution in [-0.2, 0) is 4.74 Å². The second kappa shape index (κ2) is 12.2. The van der Waals surface area contributed by atoms with Gasteiger partial charge in [0.15, 0.2) is 0 Å². The summed E-state index contributed by atoms with van der Waals surface area (Å²) >= 11 is 1.61. The summed E-state index contributed by atoms with van der Waals surface area (Å²) in [6.45, 7) is 6.97. The highest BCUT2D eigenvalue weighted by atomic mass is 32.2. The molecule has 3 N–H and O–H groups in total. The van der Waals surface area contributed by atoms with E-state index in [0.717, 1.165) is 49.8 Å². The summed E-state index contributed by atoms with van der Waals surface area (Å²) in [5.74, 6) is 1.02. The number of nitrogens with zero attached hydrogens (tertiary/aromatic N) is 3. The van der Waals surface area contributed by atoms with Gasteiger partial charge < -0.3 is 15.4 Å². The smallest absolute Gasteiger partial charge is 0.413 e. The van der Waals surface area contributed by atoms with Crippen molar-refractivity contribution in [1.29, 1.82) is 0 Å². The standard InChI is InChI=1S/C18H28N6O4S/c1-3-12-29-14-4-5-16(24(26)27)15(13-14)21-17(22-18(25)28-2)20-8-11-23-9-6-19-7-10-23/h4-5,13,19H,3,6-12H2,1-2H3,(H2,20,21,22,25). The number of alkyl carbamates (subject to hydrolysis) is 1. The molecule has 0 atom stereocenters. The van der Waals surface area contributed by atoms with Gasteiger partial charge in [-0.05, 0) is 24.3 Å². The molecule has 160 valence electrons. The van der Waals surface area contributed by atoms with Crippen molar-refractivity contribution in [1.82, 2.24) is 15.5 Å². The van der Waals surface area contributed by atoms with E-state index in [0.29, 0.717) is 6.54 Å². The van der Waals surface area contributed by atoms with Crippen molar-refractivity contribution in [3.05, 3.63) is 28.3 Å². The van der Waals surface area contributed by atoms with Crippen molar-refractivity contribution in [2.75, 3.05) is 57.4 Å². The third-order valence-electron chi connectivity index (χ3n) is 4.19. The number of benzene rings is 1. The first-order valence-electron chi connectivity index (χ1n) is 9.54. The molecule has 1 aliphatic rings. The zero-order valence-corrected chi connectivity index (χ0v) is 17.6. The molecule has 1 heterocycles. The number of rotatable bonds is 8. The van der Waals surface area contributed by atoms with Crippen molar-refractivity contribution in [3.8, 4) is 0 Å². The zero-order valence-electron chi connectivity index (χ0n) is 16.8. The van der Waals surface area contributed by atoms with E-state index >= 15 is 0 Å². The van der Waals surface area contributed by atoms with Gasteiger partial charge in [0, 0.05) is 43.7 Å². The van der Waals surface area contributed by atoms with E-state index in [-0.39, 0.29) is 17.3 Å². The van der Waals surface area contributed by atoms with Gasteiger partial charge in [0.2, 0.25) is 5.96 Å². The predicted molar refractivity (Wildman–Crippen MR) is 115 cm³/mol. The second-order valence-electron chi connectivity index (χ2n) is 6.35. The van der Waals surface area contributed by atoms with Gasteiger partial charge in [0.1, 0.15) is 5.69 Å². The van der Waals surface area contributed by atoms with Crippen molar-refractivity contribution < 1.29 is 14.5 Å². The fraction of sp³-hybridized carbons (Fsp3) is 0.556. The van der Waals surface area contributed by atoms with Crippen molar-refractivity contribution in [3.63, 3.8) is 0 Å². The average molecular weight is 425 g/mol. The van der Waals surface area contributed by atoms with Crippen LogP contribution in [0, 0.1) is 10.1 Å². The number of ether oxygens (including phenoxy) is 1. The maximum absolute atomic E-state index is 11.7. The van der Waals surface area contributed by atoms with Crippen LogP contribution in [0.5, 0.6) is 0 Å². The normalized spacial score (nSPS) is 15.0. The molecule has 0 saturated carbocycles. The number of hydrogen-bond donors (Lipinski definition) is 3. The highest BCUT2D eigenvalue weighted by Crippen LogP contribution is 2.30. The lowest BCUT2D eigenvalue weighted by Gasteiger charge is -2.26. The van der Waals surface area contributed by atoms with E-state index in [2.05, 4.69) is 37.5 Å². The quantitative estimate of drug-likeness (QED) is 0.191. The Labute approximate surface area is 174 Å². The van der Waals surface area contributed by atoms with Crippen LogP contribution in [0.25, 0.3) is 0 Å². The summed E-state index contributed by atoms with van der Waals surface area (Å²) in [6.07, 6.45) is 0.296.